The van der Waals surface area contributed by atoms with Crippen LogP contribution in [0.15, 0.2) is 0 Å². The van der Waals surface area contributed by atoms with Crippen molar-refractivity contribution in [3.8, 4) is 0 Å². The molecule has 0 radical (unpaired) electrons. The average Bonchev–Trinajstić information content (AvgIpc) is 1.30. The first-order chi connectivity index (χ1) is 3.06. The molecule has 3 heteroatoms. The van der Waals surface area contributed by atoms with Crippen molar-refractivity contribution in [2.45, 2.75) is 25.7 Å². The van der Waals surface area contributed by atoms with Crippen LogP contribution >= 0.6 is 0 Å². The van der Waals surface area contributed by atoms with E-state index in [1.165, 1.54) is 0 Å². The van der Waals surface area contributed by atoms with Crippen molar-refractivity contribution in [3.63, 3.8) is 0 Å². The fourth-order valence-corrected chi connectivity index (χ4v) is 1.01. The van der Waals surface area contributed by atoms with Crippen LogP contribution in [0.4, 0.5) is 0 Å². The summed E-state index contributed by atoms with van der Waals surface area (Å²) >= 11 is 0. The molecule has 8 heavy (non-hydrogen) atoms. The molecule has 0 heterocycles. The van der Waals surface area contributed by atoms with Gasteiger partial charge < -0.3 is 5.11 Å². The number of aliphatic hydroxyl groups is 1. The molecule has 0 saturated carbocycles. The van der Waals surface area contributed by atoms with Gasteiger partial charge in [-0.3, -0.25) is 0 Å². The van der Waals surface area contributed by atoms with Gasteiger partial charge in [0.25, 0.3) is 0 Å². The summed E-state index contributed by atoms with van der Waals surface area (Å²) < 4.78 is 0. The van der Waals surface area contributed by atoms with Crippen LogP contribution in [0.1, 0.15) is 0 Å². The van der Waals surface area contributed by atoms with Crippen LogP contribution < -0.4 is 0 Å². The summed E-state index contributed by atoms with van der Waals surface area (Å²) in [7, 11) is -0.907. The van der Waals surface area contributed by atoms with Gasteiger partial charge in [-0.1, -0.05) is 19.6 Å². The molecular formula is C5H15LiOSi. The van der Waals surface area contributed by atoms with E-state index in [0.717, 1.165) is 6.04 Å². The van der Waals surface area contributed by atoms with E-state index in [2.05, 4.69) is 19.6 Å². The Hall–Kier alpha value is 0.774. The Morgan fingerprint density at radius 3 is 1.62 bits per heavy atom. The maximum atomic E-state index is 8.44. The van der Waals surface area contributed by atoms with E-state index < -0.39 is 8.07 Å². The molecule has 0 aromatic heterocycles. The molecule has 0 aliphatic rings. The first-order valence-electron chi connectivity index (χ1n) is 2.67. The van der Waals surface area contributed by atoms with Gasteiger partial charge in [0.05, 0.1) is 0 Å². The van der Waals surface area contributed by atoms with Gasteiger partial charge in [-0.2, -0.15) is 0 Å². The van der Waals surface area contributed by atoms with E-state index >= 15 is 0 Å². The Kier molecular flexibility index (Phi) is 6.69. The number of hydrogen-bond donors (Lipinski definition) is 1. The van der Waals surface area contributed by atoms with Crippen LogP contribution in [0.3, 0.4) is 0 Å². The molecule has 0 aliphatic carbocycles. The van der Waals surface area contributed by atoms with Gasteiger partial charge in [0.1, 0.15) is 0 Å². The van der Waals surface area contributed by atoms with E-state index in [1.807, 2.05) is 0 Å². The van der Waals surface area contributed by atoms with Gasteiger partial charge in [-0.15, -0.1) is 0 Å². The molecule has 0 rings (SSSR count). The molecule has 46 valence electrons. The van der Waals surface area contributed by atoms with Crippen LogP contribution in [-0.2, 0) is 0 Å². The standard InChI is InChI=1S/C5H14OSi.Li.H/c1-7(2,3)5-4-6;;/h6H,4-5H2,1-3H3;;. The number of hydrogen-bond acceptors (Lipinski definition) is 1. The van der Waals surface area contributed by atoms with Crippen molar-refractivity contribution in [1.82, 2.24) is 0 Å². The summed E-state index contributed by atoms with van der Waals surface area (Å²) in [5, 5.41) is 8.44. The molecule has 0 bridgehead atoms. The third kappa shape index (κ3) is 9.91. The molecule has 0 amide bonds. The molecule has 1 nitrogen and oxygen atoms in total. The molecule has 0 aliphatic heterocycles. The molecule has 0 spiro atoms. The summed E-state index contributed by atoms with van der Waals surface area (Å²) in [6.45, 7) is 7.13. The predicted octanol–water partition coefficient (Wildman–Crippen LogP) is 0.668. The zero-order valence-corrected chi connectivity index (χ0v) is 6.36. The zero-order valence-electron chi connectivity index (χ0n) is 5.36. The van der Waals surface area contributed by atoms with Gasteiger partial charge in [0.15, 0.2) is 0 Å². The Labute approximate surface area is 64.7 Å². The topological polar surface area (TPSA) is 20.2 Å². The van der Waals surface area contributed by atoms with E-state index in [4.69, 9.17) is 5.11 Å². The Morgan fingerprint density at radius 2 is 1.62 bits per heavy atom. The van der Waals surface area contributed by atoms with Crippen molar-refractivity contribution in [3.05, 3.63) is 0 Å². The van der Waals surface area contributed by atoms with Crippen molar-refractivity contribution in [2.24, 2.45) is 0 Å². The van der Waals surface area contributed by atoms with E-state index in [-0.39, 0.29) is 18.9 Å². The van der Waals surface area contributed by atoms with Crippen LogP contribution in [0, 0.1) is 0 Å². The van der Waals surface area contributed by atoms with Gasteiger partial charge in [0, 0.05) is 14.7 Å². The van der Waals surface area contributed by atoms with Crippen LogP contribution in [0.5, 0.6) is 0 Å². The van der Waals surface area contributed by atoms with Gasteiger partial charge in [0.2, 0.25) is 0 Å². The van der Waals surface area contributed by atoms with Crippen molar-refractivity contribution in [2.75, 3.05) is 6.61 Å². The molecule has 1 N–H and O–H groups in total. The Bertz CT molecular complexity index is 50.9. The number of rotatable bonds is 2. The summed E-state index contributed by atoms with van der Waals surface area (Å²) in [4.78, 5) is 0. The molecule has 0 unspecified atom stereocenters. The Morgan fingerprint density at radius 1 is 1.25 bits per heavy atom. The van der Waals surface area contributed by atoms with Crippen LogP contribution in [0.25, 0.3) is 0 Å². The van der Waals surface area contributed by atoms with Gasteiger partial charge >= 0.3 is 18.9 Å². The summed E-state index contributed by atoms with van der Waals surface area (Å²) in [5.74, 6) is 0. The first-order valence-corrected chi connectivity index (χ1v) is 6.38. The second kappa shape index (κ2) is 4.63. The third-order valence-electron chi connectivity index (χ3n) is 0.862. The molecular weight excluding hydrogens is 111 g/mol. The summed E-state index contributed by atoms with van der Waals surface area (Å²) in [6, 6.07) is 1.03. The second-order valence-electron chi connectivity index (χ2n) is 3.03. The quantitative estimate of drug-likeness (QED) is 0.539. The Balaban J connectivity index is 0. The monoisotopic (exact) mass is 126 g/mol. The first kappa shape index (κ1) is 11.6. The second-order valence-corrected chi connectivity index (χ2v) is 8.66. The molecule has 0 aromatic carbocycles. The van der Waals surface area contributed by atoms with E-state index in [9.17, 15) is 0 Å². The molecule has 0 saturated heterocycles. The number of aliphatic hydroxyl groups excluding tert-OH is 1. The van der Waals surface area contributed by atoms with Crippen molar-refractivity contribution < 1.29 is 5.11 Å². The summed E-state index contributed by atoms with van der Waals surface area (Å²) in [5.41, 5.74) is 0. The average molecular weight is 126 g/mol. The molecule has 0 atom stereocenters. The van der Waals surface area contributed by atoms with E-state index in [1.54, 1.807) is 0 Å². The van der Waals surface area contributed by atoms with Gasteiger partial charge in [-0.05, 0) is 6.04 Å². The fraction of sp³-hybridized carbons (Fsp3) is 1.00. The van der Waals surface area contributed by atoms with Crippen molar-refractivity contribution in [1.29, 1.82) is 0 Å². The molecule has 0 fully saturated rings. The zero-order chi connectivity index (χ0) is 5.91. The maximum absolute atomic E-state index is 8.44. The minimum absolute atomic E-state index is 0. The minimum atomic E-state index is -0.907. The third-order valence-corrected chi connectivity index (χ3v) is 2.59. The fourth-order valence-electron chi connectivity index (χ4n) is 0.335. The van der Waals surface area contributed by atoms with Crippen LogP contribution in [-0.4, -0.2) is 38.6 Å². The van der Waals surface area contributed by atoms with E-state index in [0.29, 0.717) is 6.61 Å². The predicted molar refractivity (Wildman–Crippen MR) is 42.4 cm³/mol. The normalized spacial score (nSPS) is 10.5. The van der Waals surface area contributed by atoms with Gasteiger partial charge in [-0.25, -0.2) is 0 Å². The SMILES string of the molecule is C[Si](C)(C)CCO.[LiH]. The van der Waals surface area contributed by atoms with Crippen LogP contribution in [0.2, 0.25) is 25.7 Å². The summed E-state index contributed by atoms with van der Waals surface area (Å²) in [6.07, 6.45) is 0. The molecule has 0 aromatic rings. The van der Waals surface area contributed by atoms with Crippen molar-refractivity contribution >= 4 is 26.9 Å².